The Morgan fingerprint density at radius 1 is 0.673 bits per heavy atom. The minimum absolute atomic E-state index is 0.162. The van der Waals surface area contributed by atoms with Gasteiger partial charge >= 0.3 is 0 Å². The van der Waals surface area contributed by atoms with Gasteiger partial charge in [-0.2, -0.15) is 0 Å². The van der Waals surface area contributed by atoms with Crippen molar-refractivity contribution in [1.29, 1.82) is 0 Å². The van der Waals surface area contributed by atoms with E-state index in [4.69, 9.17) is 9.98 Å². The molecule has 1 atom stereocenters. The Morgan fingerprint density at radius 3 is 2.25 bits per heavy atom. The smallest absolute Gasteiger partial charge is 0.145 e. The molecule has 0 N–H and O–H groups in total. The summed E-state index contributed by atoms with van der Waals surface area (Å²) in [7, 11) is 0. The molecule has 0 saturated heterocycles. The predicted octanol–water partition coefficient (Wildman–Crippen LogP) is 11.9. The Kier molecular flexibility index (Phi) is 8.26. The van der Waals surface area contributed by atoms with Crippen molar-refractivity contribution in [2.75, 3.05) is 0 Å². The second-order valence-corrected chi connectivity index (χ2v) is 13.4. The molecular weight excluding hydrogens is 633 g/mol. The van der Waals surface area contributed by atoms with E-state index in [1.54, 1.807) is 0 Å². The molecule has 0 bridgehead atoms. The van der Waals surface area contributed by atoms with Gasteiger partial charge in [0.15, 0.2) is 0 Å². The minimum Gasteiger partial charge on any atom is -0.302 e. The number of aromatic nitrogens is 2. The molecule has 0 saturated carbocycles. The Hall–Kier alpha value is -6.52. The molecule has 0 spiro atoms. The van der Waals surface area contributed by atoms with E-state index in [1.165, 1.54) is 33.0 Å². The van der Waals surface area contributed by atoms with Gasteiger partial charge in [0.05, 0.1) is 16.7 Å². The zero-order valence-electron chi connectivity index (χ0n) is 28.9. The highest BCUT2D eigenvalue weighted by Crippen LogP contribution is 2.39. The van der Waals surface area contributed by atoms with E-state index in [0.717, 1.165) is 64.6 Å². The van der Waals surface area contributed by atoms with Gasteiger partial charge in [-0.1, -0.05) is 134 Å². The summed E-state index contributed by atoms with van der Waals surface area (Å²) in [6.45, 7) is 4.19. The third-order valence-corrected chi connectivity index (χ3v) is 10.1. The van der Waals surface area contributed by atoms with Crippen molar-refractivity contribution in [1.82, 2.24) is 14.5 Å². The summed E-state index contributed by atoms with van der Waals surface area (Å²) >= 11 is 0. The van der Waals surface area contributed by atoms with Crippen LogP contribution in [0.4, 0.5) is 0 Å². The zero-order chi connectivity index (χ0) is 34.9. The Bertz CT molecular complexity index is 2550. The van der Waals surface area contributed by atoms with Crippen molar-refractivity contribution in [3.8, 4) is 16.8 Å². The number of hydrogen-bond acceptors (Lipinski definition) is 3. The first-order valence-corrected chi connectivity index (χ1v) is 18.0. The number of amidine groups is 1. The molecule has 3 aliphatic rings. The second kappa shape index (κ2) is 13.7. The molecule has 52 heavy (non-hydrogen) atoms. The van der Waals surface area contributed by atoms with Crippen molar-refractivity contribution >= 4 is 33.2 Å². The summed E-state index contributed by atoms with van der Waals surface area (Å²) in [5, 5.41) is 2.48. The highest BCUT2D eigenvalue weighted by Gasteiger charge is 2.22. The fraction of sp³-hybridized carbons (Fsp3) is 0.0833. The van der Waals surface area contributed by atoms with Crippen LogP contribution in [0.2, 0.25) is 0 Å². The third-order valence-electron chi connectivity index (χ3n) is 10.1. The quantitative estimate of drug-likeness (QED) is 0.177. The van der Waals surface area contributed by atoms with Crippen LogP contribution < -0.4 is 0 Å². The average molecular weight is 671 g/mol. The summed E-state index contributed by atoms with van der Waals surface area (Å²) < 4.78 is 2.32. The van der Waals surface area contributed by atoms with Crippen LogP contribution >= 0.6 is 0 Å². The lowest BCUT2D eigenvalue weighted by Crippen LogP contribution is -2.26. The van der Waals surface area contributed by atoms with Crippen LogP contribution in [0.25, 0.3) is 44.2 Å². The molecule has 1 aliphatic heterocycles. The van der Waals surface area contributed by atoms with Gasteiger partial charge in [0.2, 0.25) is 0 Å². The number of nitrogens with zero attached hydrogens (tertiary/aromatic N) is 4. The lowest BCUT2D eigenvalue weighted by molar-refractivity contribution is 0.697. The Labute approximate surface area is 304 Å². The van der Waals surface area contributed by atoms with E-state index in [0.29, 0.717) is 0 Å². The molecule has 2 aliphatic carbocycles. The van der Waals surface area contributed by atoms with E-state index in [2.05, 4.69) is 174 Å². The van der Waals surface area contributed by atoms with E-state index in [-0.39, 0.29) is 5.92 Å². The van der Waals surface area contributed by atoms with E-state index in [1.807, 2.05) is 18.2 Å². The van der Waals surface area contributed by atoms with E-state index >= 15 is 0 Å². The van der Waals surface area contributed by atoms with Crippen LogP contribution in [-0.4, -0.2) is 20.3 Å². The highest BCUT2D eigenvalue weighted by atomic mass is 15.2. The van der Waals surface area contributed by atoms with Gasteiger partial charge in [-0.05, 0) is 94.8 Å². The number of aliphatic imine (C=N–C) groups is 1. The number of rotatable bonds is 6. The number of para-hydroxylation sites is 3. The van der Waals surface area contributed by atoms with Gasteiger partial charge in [-0.3, -0.25) is 4.57 Å². The molecule has 2 heterocycles. The minimum atomic E-state index is 0.162. The molecular formula is C48H38N4. The number of benzene rings is 5. The summed E-state index contributed by atoms with van der Waals surface area (Å²) in [5.74, 6) is 2.09. The topological polar surface area (TPSA) is 33.4 Å². The van der Waals surface area contributed by atoms with Crippen LogP contribution in [0.3, 0.4) is 0 Å². The van der Waals surface area contributed by atoms with Gasteiger partial charge in [-0.25, -0.2) is 9.98 Å². The SMILES string of the molecule is C=C1C=CC=CN(C2=CCCC=C2)C(c2ccc(-c3cccc4cccc(C5=CCC(c6nc7ccccc7n6-c6ccccc6)C=C5)c34)cc2)=N1. The van der Waals surface area contributed by atoms with Crippen molar-refractivity contribution in [2.24, 2.45) is 4.99 Å². The maximum atomic E-state index is 5.15. The monoisotopic (exact) mass is 670 g/mol. The first-order chi connectivity index (χ1) is 25.7. The van der Waals surface area contributed by atoms with Crippen LogP contribution in [0.1, 0.15) is 42.1 Å². The molecule has 1 unspecified atom stereocenters. The first kappa shape index (κ1) is 31.5. The third kappa shape index (κ3) is 5.88. The molecule has 250 valence electrons. The summed E-state index contributed by atoms with van der Waals surface area (Å²) in [4.78, 5) is 12.3. The van der Waals surface area contributed by atoms with E-state index < -0.39 is 0 Å². The normalized spacial score (nSPS) is 17.2. The maximum Gasteiger partial charge on any atom is 0.145 e. The van der Waals surface area contributed by atoms with Crippen molar-refractivity contribution < 1.29 is 0 Å². The molecule has 9 rings (SSSR count). The van der Waals surface area contributed by atoms with Crippen LogP contribution in [0.5, 0.6) is 0 Å². The highest BCUT2D eigenvalue weighted by molar-refractivity contribution is 6.06. The molecule has 0 amide bonds. The van der Waals surface area contributed by atoms with Crippen LogP contribution in [0, 0.1) is 0 Å². The molecule has 4 nitrogen and oxygen atoms in total. The average Bonchev–Trinajstić information content (AvgIpc) is 3.59. The summed E-state index contributed by atoms with van der Waals surface area (Å²) in [5.41, 5.74) is 11.0. The van der Waals surface area contributed by atoms with Gasteiger partial charge < -0.3 is 4.90 Å². The number of hydrogen-bond donors (Lipinski definition) is 0. The lowest BCUT2D eigenvalue weighted by atomic mass is 9.87. The largest absolute Gasteiger partial charge is 0.302 e. The Balaban J connectivity index is 1.06. The molecule has 0 radical (unpaired) electrons. The fourth-order valence-corrected chi connectivity index (χ4v) is 7.56. The van der Waals surface area contributed by atoms with Gasteiger partial charge in [0, 0.05) is 29.1 Å². The van der Waals surface area contributed by atoms with Crippen LogP contribution in [0.15, 0.2) is 199 Å². The van der Waals surface area contributed by atoms with Gasteiger partial charge in [0.25, 0.3) is 0 Å². The molecule has 6 aromatic rings. The maximum absolute atomic E-state index is 5.15. The zero-order valence-corrected chi connectivity index (χ0v) is 28.9. The van der Waals surface area contributed by atoms with Crippen LogP contribution in [-0.2, 0) is 0 Å². The molecule has 4 heteroatoms. The number of allylic oxidation sites excluding steroid dienone is 10. The number of fused-ring (bicyclic) bond motifs is 2. The fourth-order valence-electron chi connectivity index (χ4n) is 7.56. The summed E-state index contributed by atoms with van der Waals surface area (Å²) in [6.07, 6.45) is 24.7. The second-order valence-electron chi connectivity index (χ2n) is 13.4. The standard InChI is InChI=1S/C48H38N4/c1-34-14-10-11-33-51(40-17-4-2-5-18-40)47(49-34)38-29-25-35(26-30-38)42-21-12-15-37-16-13-22-43(46(37)42)36-27-31-39(32-28-36)48-50-44-23-8-9-24-45(44)52(48)41-19-6-3-7-20-41/h3-4,6-31,33,39H,1-2,5,32H2. The predicted molar refractivity (Wildman–Crippen MR) is 217 cm³/mol. The molecule has 1 aromatic heterocycles. The first-order valence-electron chi connectivity index (χ1n) is 18.0. The molecule has 5 aromatic carbocycles. The van der Waals surface area contributed by atoms with Crippen molar-refractivity contribution in [2.45, 2.75) is 25.2 Å². The van der Waals surface area contributed by atoms with E-state index in [9.17, 15) is 0 Å². The van der Waals surface area contributed by atoms with Gasteiger partial charge in [0.1, 0.15) is 11.7 Å². The van der Waals surface area contributed by atoms with Crippen molar-refractivity contribution in [3.05, 3.63) is 211 Å². The summed E-state index contributed by atoms with van der Waals surface area (Å²) in [6, 6.07) is 41.1. The lowest BCUT2D eigenvalue weighted by Gasteiger charge is -2.26. The number of imidazole rings is 1. The van der Waals surface area contributed by atoms with Gasteiger partial charge in [-0.15, -0.1) is 0 Å². The Morgan fingerprint density at radius 2 is 1.46 bits per heavy atom. The van der Waals surface area contributed by atoms with Crippen molar-refractivity contribution in [3.63, 3.8) is 0 Å². The molecule has 0 fully saturated rings.